The highest BCUT2D eigenvalue weighted by molar-refractivity contribution is 5.38. The van der Waals surface area contributed by atoms with Gasteiger partial charge in [0.1, 0.15) is 12.1 Å². The van der Waals surface area contributed by atoms with E-state index < -0.39 is 9.85 Å². The van der Waals surface area contributed by atoms with Gasteiger partial charge in [0.05, 0.1) is 0 Å². The van der Waals surface area contributed by atoms with Crippen LogP contribution in [0.3, 0.4) is 0 Å². The van der Waals surface area contributed by atoms with Gasteiger partial charge in [0.15, 0.2) is 11.6 Å². The van der Waals surface area contributed by atoms with E-state index in [1.165, 1.54) is 0 Å². The molecule has 0 aromatic carbocycles. The molecule has 2 heterocycles. The van der Waals surface area contributed by atoms with Gasteiger partial charge in [0.25, 0.3) is 0 Å². The second kappa shape index (κ2) is 6.58. The molecule has 0 aliphatic rings. The number of aromatic nitrogens is 4. The van der Waals surface area contributed by atoms with Crippen molar-refractivity contribution in [1.29, 1.82) is 10.5 Å². The van der Waals surface area contributed by atoms with Gasteiger partial charge in [-0.25, -0.2) is 9.97 Å². The molecule has 2 aromatic rings. The molecule has 0 aliphatic carbocycles. The number of aryl methyl sites for hydroxylation is 2. The summed E-state index contributed by atoms with van der Waals surface area (Å²) >= 11 is 0. The Labute approximate surface area is 122 Å². The maximum Gasteiger partial charge on any atom is 0.359 e. The number of hydrogen-bond acceptors (Lipinski definition) is 8. The number of rotatable bonds is 2. The van der Waals surface area contributed by atoms with Gasteiger partial charge in [0.2, 0.25) is 11.4 Å². The summed E-state index contributed by atoms with van der Waals surface area (Å²) < 4.78 is 0. The van der Waals surface area contributed by atoms with Crippen molar-refractivity contribution in [3.05, 3.63) is 43.3 Å². The van der Waals surface area contributed by atoms with Gasteiger partial charge in [-0.2, -0.15) is 20.5 Å². The van der Waals surface area contributed by atoms with Crippen LogP contribution in [0.15, 0.2) is 0 Å². The molecule has 0 radical (unpaired) electrons. The zero-order valence-corrected chi connectivity index (χ0v) is 11.3. The first kappa shape index (κ1) is 16.3. The first-order chi connectivity index (χ1) is 10.3. The van der Waals surface area contributed by atoms with Gasteiger partial charge in [-0.3, -0.25) is 0 Å². The molecule has 0 atom stereocenters. The summed E-state index contributed by atoms with van der Waals surface area (Å²) in [6.45, 7) is 3.10. The molecule has 112 valence electrons. The molecule has 0 unspecified atom stereocenters. The Balaban J connectivity index is 0.000000220. The van der Waals surface area contributed by atoms with Gasteiger partial charge < -0.3 is 20.2 Å². The van der Waals surface area contributed by atoms with Crippen LogP contribution in [0.2, 0.25) is 0 Å². The zero-order valence-electron chi connectivity index (χ0n) is 11.3. The molecule has 2 rings (SSSR count). The lowest BCUT2D eigenvalue weighted by Gasteiger charge is -1.86. The number of imidazole rings is 2. The van der Waals surface area contributed by atoms with E-state index in [-0.39, 0.29) is 23.0 Å². The van der Waals surface area contributed by atoms with Crippen LogP contribution in [0.5, 0.6) is 0 Å². The van der Waals surface area contributed by atoms with E-state index in [9.17, 15) is 20.2 Å². The second-order valence-electron chi connectivity index (χ2n) is 3.78. The van der Waals surface area contributed by atoms with Crippen LogP contribution in [0.4, 0.5) is 11.6 Å². The van der Waals surface area contributed by atoms with Crippen molar-refractivity contribution in [2.75, 3.05) is 0 Å². The number of aromatic amines is 2. The molecule has 0 amide bonds. The Kier molecular flexibility index (Phi) is 4.86. The summed E-state index contributed by atoms with van der Waals surface area (Å²) in [6.07, 6.45) is 0. The Hall–Kier alpha value is -3.80. The number of nitro groups is 2. The predicted octanol–water partition coefficient (Wildman–Crippen LogP) is 0.996. The Morgan fingerprint density at radius 2 is 1.23 bits per heavy atom. The molecule has 2 N–H and O–H groups in total. The van der Waals surface area contributed by atoms with Crippen molar-refractivity contribution in [3.8, 4) is 12.1 Å². The van der Waals surface area contributed by atoms with Crippen LogP contribution in [0, 0.1) is 56.7 Å². The average molecular weight is 304 g/mol. The van der Waals surface area contributed by atoms with E-state index in [1.54, 1.807) is 26.0 Å². The van der Waals surface area contributed by atoms with Gasteiger partial charge in [-0.05, 0) is 9.85 Å². The maximum absolute atomic E-state index is 10.2. The van der Waals surface area contributed by atoms with E-state index >= 15 is 0 Å². The fraction of sp³-hybridized carbons (Fsp3) is 0.200. The summed E-state index contributed by atoms with van der Waals surface area (Å²) in [4.78, 5) is 30.9. The van der Waals surface area contributed by atoms with Crippen molar-refractivity contribution in [2.45, 2.75) is 13.8 Å². The molecule has 12 heteroatoms. The largest absolute Gasteiger partial charge is 0.359 e. The fourth-order valence-corrected chi connectivity index (χ4v) is 1.38. The third-order valence-electron chi connectivity index (χ3n) is 2.18. The lowest BCUT2D eigenvalue weighted by atomic mass is 10.5. The minimum absolute atomic E-state index is 0.174. The molecule has 2 aromatic heterocycles. The molecule has 0 saturated carbocycles. The number of H-pyrrole nitrogens is 2. The number of nitrogens with one attached hydrogen (secondary N) is 2. The Morgan fingerprint density at radius 1 is 0.909 bits per heavy atom. The summed E-state index contributed by atoms with van der Waals surface area (Å²) in [6, 6.07) is 3.23. The van der Waals surface area contributed by atoms with Gasteiger partial charge in [0, 0.05) is 13.8 Å². The van der Waals surface area contributed by atoms with Gasteiger partial charge >= 0.3 is 11.6 Å². The molecule has 12 nitrogen and oxygen atoms in total. The molecule has 0 bridgehead atoms. The van der Waals surface area contributed by atoms with Crippen molar-refractivity contribution in [1.82, 2.24) is 19.9 Å². The van der Waals surface area contributed by atoms with Crippen LogP contribution in [0.25, 0.3) is 0 Å². The highest BCUT2D eigenvalue weighted by Gasteiger charge is 2.17. The predicted molar refractivity (Wildman–Crippen MR) is 69.4 cm³/mol. The van der Waals surface area contributed by atoms with Crippen LogP contribution >= 0.6 is 0 Å². The normalized spacial score (nSPS) is 9.09. The molecule has 0 fully saturated rings. The number of nitriles is 2. The number of hydrogen-bond donors (Lipinski definition) is 2. The second-order valence-corrected chi connectivity index (χ2v) is 3.78. The standard InChI is InChI=1S/2C5H4N4O2/c2*1-3-7-4(2-6)5(8-3)9(10)11/h2*1H3,(H,7,8). The molecular formula is C10H8N8O4. The molecular weight excluding hydrogens is 296 g/mol. The van der Waals surface area contributed by atoms with Crippen LogP contribution < -0.4 is 0 Å². The Morgan fingerprint density at radius 3 is 1.41 bits per heavy atom. The third kappa shape index (κ3) is 3.61. The van der Waals surface area contributed by atoms with E-state index in [2.05, 4.69) is 19.9 Å². The molecule has 0 spiro atoms. The van der Waals surface area contributed by atoms with Crippen molar-refractivity contribution in [2.24, 2.45) is 0 Å². The van der Waals surface area contributed by atoms with Gasteiger partial charge in [-0.15, -0.1) is 0 Å². The monoisotopic (exact) mass is 304 g/mol. The van der Waals surface area contributed by atoms with E-state index in [0.29, 0.717) is 11.6 Å². The average Bonchev–Trinajstić information content (AvgIpc) is 3.02. The third-order valence-corrected chi connectivity index (χ3v) is 2.18. The maximum atomic E-state index is 10.2. The smallest absolute Gasteiger partial charge is 0.358 e. The SMILES string of the molecule is Cc1nc(C#N)c([N+](=O)[O-])[nH]1.Cc1nc(C#N)c([N+](=O)[O-])[nH]1. The van der Waals surface area contributed by atoms with Crippen LogP contribution in [0.1, 0.15) is 23.0 Å². The summed E-state index contributed by atoms with van der Waals surface area (Å²) in [5.41, 5.74) is -0.347. The molecule has 0 saturated heterocycles. The minimum Gasteiger partial charge on any atom is -0.358 e. The zero-order chi connectivity index (χ0) is 16.9. The highest BCUT2D eigenvalue weighted by atomic mass is 16.6. The minimum atomic E-state index is -0.668. The van der Waals surface area contributed by atoms with Crippen molar-refractivity contribution < 1.29 is 9.85 Å². The quantitative estimate of drug-likeness (QED) is 0.605. The first-order valence-corrected chi connectivity index (χ1v) is 5.52. The summed E-state index contributed by atoms with van der Waals surface area (Å²) in [5.74, 6) is 0.0523. The summed E-state index contributed by atoms with van der Waals surface area (Å²) in [5, 5.41) is 37.0. The van der Waals surface area contributed by atoms with Crippen LogP contribution in [-0.4, -0.2) is 29.8 Å². The topological polar surface area (TPSA) is 191 Å². The van der Waals surface area contributed by atoms with Gasteiger partial charge in [-0.1, -0.05) is 0 Å². The molecule has 22 heavy (non-hydrogen) atoms. The Bertz CT molecular complexity index is 738. The van der Waals surface area contributed by atoms with E-state index in [0.717, 1.165) is 0 Å². The number of nitrogens with zero attached hydrogens (tertiary/aromatic N) is 6. The lowest BCUT2D eigenvalue weighted by molar-refractivity contribution is -0.389. The lowest BCUT2D eigenvalue weighted by Crippen LogP contribution is -1.90. The fourth-order valence-electron chi connectivity index (χ4n) is 1.38. The van der Waals surface area contributed by atoms with Crippen molar-refractivity contribution in [3.63, 3.8) is 0 Å². The molecule has 0 aliphatic heterocycles. The van der Waals surface area contributed by atoms with Crippen molar-refractivity contribution >= 4 is 11.6 Å². The van der Waals surface area contributed by atoms with E-state index in [1.807, 2.05) is 0 Å². The first-order valence-electron chi connectivity index (χ1n) is 5.52. The van der Waals surface area contributed by atoms with E-state index in [4.69, 9.17) is 10.5 Å². The van der Waals surface area contributed by atoms with Crippen LogP contribution in [-0.2, 0) is 0 Å². The summed E-state index contributed by atoms with van der Waals surface area (Å²) in [7, 11) is 0. The highest BCUT2D eigenvalue weighted by Crippen LogP contribution is 2.13.